The van der Waals surface area contributed by atoms with Crippen LogP contribution >= 0.6 is 11.6 Å². The van der Waals surface area contributed by atoms with Gasteiger partial charge in [-0.15, -0.1) is 0 Å². The van der Waals surface area contributed by atoms with Gasteiger partial charge in [0.25, 0.3) is 5.91 Å². The van der Waals surface area contributed by atoms with Gasteiger partial charge in [0.05, 0.1) is 30.3 Å². The molecule has 4 rings (SSSR count). The number of carbonyl (C=O) groups excluding carboxylic acids is 2. The monoisotopic (exact) mass is 446 g/mol. The number of hydrogen-bond acceptors (Lipinski definition) is 6. The van der Waals surface area contributed by atoms with E-state index in [-0.39, 0.29) is 24.7 Å². The van der Waals surface area contributed by atoms with Crippen LogP contribution in [0, 0.1) is 11.3 Å². The van der Waals surface area contributed by atoms with Gasteiger partial charge in [-0.3, -0.25) is 9.59 Å². The van der Waals surface area contributed by atoms with E-state index in [9.17, 15) is 9.59 Å². The van der Waals surface area contributed by atoms with E-state index < -0.39 is 0 Å². The van der Waals surface area contributed by atoms with E-state index in [1.807, 2.05) is 12.1 Å². The molecule has 160 valence electrons. The molecule has 2 aromatic carbocycles. The van der Waals surface area contributed by atoms with E-state index in [1.165, 1.54) is 4.90 Å². The van der Waals surface area contributed by atoms with Crippen LogP contribution in [0.5, 0.6) is 0 Å². The second-order valence-electron chi connectivity index (χ2n) is 7.32. The number of rotatable bonds is 5. The Morgan fingerprint density at radius 3 is 2.81 bits per heavy atom. The molecule has 0 aliphatic carbocycles. The highest BCUT2D eigenvalue weighted by Gasteiger charge is 2.21. The van der Waals surface area contributed by atoms with Crippen LogP contribution in [0.25, 0.3) is 11.3 Å². The van der Waals surface area contributed by atoms with Gasteiger partial charge in [-0.2, -0.15) is 5.26 Å². The summed E-state index contributed by atoms with van der Waals surface area (Å²) in [5, 5.41) is 15.2. The Morgan fingerprint density at radius 2 is 2.06 bits per heavy atom. The number of benzene rings is 2. The van der Waals surface area contributed by atoms with E-state index in [0.717, 1.165) is 11.1 Å². The van der Waals surface area contributed by atoms with Crippen LogP contribution < -0.4 is 10.6 Å². The molecule has 0 atom stereocenters. The minimum absolute atomic E-state index is 0.152. The molecule has 32 heavy (non-hydrogen) atoms. The highest BCUT2D eigenvalue weighted by Crippen LogP contribution is 2.34. The van der Waals surface area contributed by atoms with Crippen LogP contribution in [0.3, 0.4) is 0 Å². The van der Waals surface area contributed by atoms with E-state index >= 15 is 0 Å². The van der Waals surface area contributed by atoms with E-state index in [0.29, 0.717) is 40.1 Å². The van der Waals surface area contributed by atoms with Crippen molar-refractivity contribution >= 4 is 40.7 Å². The van der Waals surface area contributed by atoms with Gasteiger partial charge < -0.3 is 15.5 Å². The van der Waals surface area contributed by atoms with Crippen LogP contribution in [-0.4, -0.2) is 40.3 Å². The van der Waals surface area contributed by atoms with Gasteiger partial charge in [0.2, 0.25) is 11.9 Å². The van der Waals surface area contributed by atoms with Crippen molar-refractivity contribution in [2.75, 3.05) is 24.2 Å². The van der Waals surface area contributed by atoms with Crippen LogP contribution in [0.2, 0.25) is 5.02 Å². The Kier molecular flexibility index (Phi) is 6.01. The quantitative estimate of drug-likeness (QED) is 0.612. The summed E-state index contributed by atoms with van der Waals surface area (Å²) in [6.45, 7) is 0.377. The summed E-state index contributed by atoms with van der Waals surface area (Å²) in [4.78, 5) is 35.1. The summed E-state index contributed by atoms with van der Waals surface area (Å²) >= 11 is 6.09. The molecule has 3 aromatic rings. The largest absolute Gasteiger partial charge is 0.341 e. The maximum Gasteiger partial charge on any atom is 0.253 e. The number of nitrogens with one attached hydrogen (secondary N) is 2. The summed E-state index contributed by atoms with van der Waals surface area (Å²) < 4.78 is 0. The number of amides is 2. The smallest absolute Gasteiger partial charge is 0.253 e. The van der Waals surface area contributed by atoms with E-state index in [2.05, 4.69) is 20.6 Å². The average molecular weight is 447 g/mol. The molecule has 9 heteroatoms. The Hall–Kier alpha value is -3.96. The molecule has 2 amide bonds. The van der Waals surface area contributed by atoms with Gasteiger partial charge in [0, 0.05) is 47.2 Å². The molecule has 0 radical (unpaired) electrons. The van der Waals surface area contributed by atoms with Crippen molar-refractivity contribution in [3.63, 3.8) is 0 Å². The molecule has 8 nitrogen and oxygen atoms in total. The number of carbonyl (C=O) groups is 2. The van der Waals surface area contributed by atoms with Gasteiger partial charge in [-0.25, -0.2) is 9.97 Å². The highest BCUT2D eigenvalue weighted by atomic mass is 35.5. The SMILES string of the molecule is CN(CCC#N)C(=O)c1ccc(Nc2ncc3c(n2)-c2ccc(Cl)cc2NC(=O)C3)cc1. The van der Waals surface area contributed by atoms with E-state index in [4.69, 9.17) is 16.9 Å². The molecule has 2 N–H and O–H groups in total. The molecule has 0 unspecified atom stereocenters. The van der Waals surface area contributed by atoms with Crippen LogP contribution in [-0.2, 0) is 11.2 Å². The maximum atomic E-state index is 12.4. The molecular weight excluding hydrogens is 428 g/mol. The first kappa shape index (κ1) is 21.3. The molecule has 0 saturated heterocycles. The van der Waals surface area contributed by atoms with Crippen molar-refractivity contribution in [3.05, 3.63) is 64.8 Å². The van der Waals surface area contributed by atoms with Crippen LogP contribution in [0.1, 0.15) is 22.3 Å². The normalized spacial score (nSPS) is 12.0. The lowest BCUT2D eigenvalue weighted by molar-refractivity contribution is -0.115. The van der Waals surface area contributed by atoms with Crippen molar-refractivity contribution in [2.45, 2.75) is 12.8 Å². The van der Waals surface area contributed by atoms with Gasteiger partial charge >= 0.3 is 0 Å². The van der Waals surface area contributed by atoms with Crippen molar-refractivity contribution in [2.24, 2.45) is 0 Å². The fraction of sp³-hybridized carbons (Fsp3) is 0.174. The Balaban J connectivity index is 1.57. The molecule has 0 bridgehead atoms. The highest BCUT2D eigenvalue weighted by molar-refractivity contribution is 6.31. The van der Waals surface area contributed by atoms with Gasteiger partial charge in [0.1, 0.15) is 0 Å². The maximum absolute atomic E-state index is 12.4. The molecule has 0 fully saturated rings. The minimum atomic E-state index is -0.156. The Bertz CT molecular complexity index is 1240. The van der Waals surface area contributed by atoms with Crippen LogP contribution in [0.4, 0.5) is 17.3 Å². The number of hydrogen-bond donors (Lipinski definition) is 2. The number of anilines is 3. The molecule has 2 heterocycles. The molecule has 1 aliphatic heterocycles. The first-order valence-corrected chi connectivity index (χ1v) is 10.3. The molecule has 0 spiro atoms. The number of halogens is 1. The first-order valence-electron chi connectivity index (χ1n) is 9.90. The lowest BCUT2D eigenvalue weighted by Gasteiger charge is -2.15. The van der Waals surface area contributed by atoms with Crippen molar-refractivity contribution in [3.8, 4) is 17.3 Å². The second kappa shape index (κ2) is 9.04. The Morgan fingerprint density at radius 1 is 1.28 bits per heavy atom. The van der Waals surface area contributed by atoms with Crippen LogP contribution in [0.15, 0.2) is 48.7 Å². The van der Waals surface area contributed by atoms with Gasteiger partial charge in [-0.05, 0) is 42.5 Å². The van der Waals surface area contributed by atoms with Crippen molar-refractivity contribution in [1.82, 2.24) is 14.9 Å². The third-order valence-electron chi connectivity index (χ3n) is 5.02. The molecule has 1 aliphatic rings. The zero-order chi connectivity index (χ0) is 22.7. The molecule has 1 aromatic heterocycles. The van der Waals surface area contributed by atoms with E-state index in [1.54, 1.807) is 49.6 Å². The van der Waals surface area contributed by atoms with Crippen molar-refractivity contribution < 1.29 is 9.59 Å². The molecule has 0 saturated carbocycles. The predicted octanol–water partition coefficient (Wildman–Crippen LogP) is 4.02. The summed E-state index contributed by atoms with van der Waals surface area (Å²) in [5.74, 6) is 0.0568. The first-order chi connectivity index (χ1) is 15.4. The topological polar surface area (TPSA) is 111 Å². The predicted molar refractivity (Wildman–Crippen MR) is 122 cm³/mol. The number of nitriles is 1. The lowest BCUT2D eigenvalue weighted by Crippen LogP contribution is -2.27. The second-order valence-corrected chi connectivity index (χ2v) is 7.76. The molecular formula is C23H19ClN6O2. The Labute approximate surface area is 189 Å². The summed E-state index contributed by atoms with van der Waals surface area (Å²) in [5.41, 5.74) is 3.97. The summed E-state index contributed by atoms with van der Waals surface area (Å²) in [6.07, 6.45) is 2.09. The number of nitrogens with zero attached hydrogens (tertiary/aromatic N) is 4. The third-order valence-corrected chi connectivity index (χ3v) is 5.26. The van der Waals surface area contributed by atoms with Crippen molar-refractivity contribution in [1.29, 1.82) is 5.26 Å². The summed E-state index contributed by atoms with van der Waals surface area (Å²) in [7, 11) is 1.67. The average Bonchev–Trinajstić information content (AvgIpc) is 2.92. The minimum Gasteiger partial charge on any atom is -0.341 e. The third kappa shape index (κ3) is 4.53. The van der Waals surface area contributed by atoms with Gasteiger partial charge in [0.15, 0.2) is 0 Å². The standard InChI is InChI=1S/C23H19ClN6O2/c1-30(10-2-9-25)22(32)14-3-6-17(7-4-14)27-23-26-13-15-11-20(31)28-19-12-16(24)5-8-18(19)21(15)29-23/h3-8,12-13H,2,10-11H2,1H3,(H,28,31)(H,26,27,29). The zero-order valence-corrected chi connectivity index (χ0v) is 18.0. The fourth-order valence-corrected chi connectivity index (χ4v) is 3.56. The van der Waals surface area contributed by atoms with Gasteiger partial charge in [-0.1, -0.05) is 11.6 Å². The zero-order valence-electron chi connectivity index (χ0n) is 17.2. The fourth-order valence-electron chi connectivity index (χ4n) is 3.39. The summed E-state index contributed by atoms with van der Waals surface area (Å²) in [6, 6.07) is 14.2. The lowest BCUT2D eigenvalue weighted by atomic mass is 10.1. The number of fused-ring (bicyclic) bond motifs is 3. The number of aromatic nitrogens is 2.